The first-order chi connectivity index (χ1) is 16.1. The van der Waals surface area contributed by atoms with Crippen LogP contribution in [-0.2, 0) is 11.4 Å². The number of carbonyl (C=O) groups is 1. The van der Waals surface area contributed by atoms with E-state index < -0.39 is 0 Å². The van der Waals surface area contributed by atoms with Crippen LogP contribution in [0.3, 0.4) is 0 Å². The number of carbonyl (C=O) groups excluding carboxylic acids is 1. The summed E-state index contributed by atoms with van der Waals surface area (Å²) >= 11 is 0. The number of benzene rings is 2. The van der Waals surface area contributed by atoms with Crippen LogP contribution in [0.1, 0.15) is 18.0 Å². The predicted molar refractivity (Wildman–Crippen MR) is 124 cm³/mol. The van der Waals surface area contributed by atoms with Gasteiger partial charge in [0.2, 0.25) is 5.91 Å². The van der Waals surface area contributed by atoms with E-state index in [0.717, 1.165) is 28.6 Å². The molecular formula is C26H23FN4O2. The summed E-state index contributed by atoms with van der Waals surface area (Å²) in [5.74, 6) is 0.318. The number of amides is 1. The Bertz CT molecular complexity index is 1320. The number of ether oxygens (including phenoxy) is 1. The second kappa shape index (κ2) is 8.86. The van der Waals surface area contributed by atoms with Crippen LogP contribution in [-0.4, -0.2) is 38.7 Å². The lowest BCUT2D eigenvalue weighted by Crippen LogP contribution is -2.27. The van der Waals surface area contributed by atoms with Gasteiger partial charge in [0.1, 0.15) is 23.9 Å². The smallest absolute Gasteiger partial charge is 0.246 e. The Morgan fingerprint density at radius 2 is 2.00 bits per heavy atom. The van der Waals surface area contributed by atoms with Crippen molar-refractivity contribution in [2.45, 2.75) is 19.1 Å². The molecule has 0 radical (unpaired) electrons. The second-order valence-corrected chi connectivity index (χ2v) is 8.02. The first kappa shape index (κ1) is 20.9. The van der Waals surface area contributed by atoms with Gasteiger partial charge in [0.25, 0.3) is 0 Å². The summed E-state index contributed by atoms with van der Waals surface area (Å²) in [4.78, 5) is 18.1. The molecule has 6 nitrogen and oxygen atoms in total. The fraction of sp³-hybridized carbons (Fsp3) is 0.192. The second-order valence-electron chi connectivity index (χ2n) is 8.02. The fourth-order valence-electron chi connectivity index (χ4n) is 4.23. The molecule has 1 saturated heterocycles. The Balaban J connectivity index is 1.39. The molecule has 7 heteroatoms. The van der Waals surface area contributed by atoms with E-state index in [1.54, 1.807) is 29.3 Å². The highest BCUT2D eigenvalue weighted by Crippen LogP contribution is 2.33. The molecule has 4 aromatic rings. The van der Waals surface area contributed by atoms with E-state index in [2.05, 4.69) is 11.6 Å². The Morgan fingerprint density at radius 1 is 1.18 bits per heavy atom. The minimum atomic E-state index is -0.279. The van der Waals surface area contributed by atoms with Crippen molar-refractivity contribution in [2.24, 2.45) is 0 Å². The number of nitrogens with zero attached hydrogens (tertiary/aromatic N) is 4. The maximum atomic E-state index is 13.8. The van der Waals surface area contributed by atoms with Gasteiger partial charge >= 0.3 is 0 Å². The van der Waals surface area contributed by atoms with Gasteiger partial charge in [0, 0.05) is 42.0 Å². The molecule has 1 amide bonds. The quantitative estimate of drug-likeness (QED) is 0.404. The number of likely N-dealkylation sites (tertiary alicyclic amines) is 1. The van der Waals surface area contributed by atoms with Crippen molar-refractivity contribution in [1.29, 1.82) is 0 Å². The van der Waals surface area contributed by atoms with Gasteiger partial charge < -0.3 is 9.64 Å². The third-order valence-corrected chi connectivity index (χ3v) is 5.98. The minimum absolute atomic E-state index is 0.0539. The van der Waals surface area contributed by atoms with Gasteiger partial charge in [-0.2, -0.15) is 5.10 Å². The van der Waals surface area contributed by atoms with E-state index >= 15 is 0 Å². The van der Waals surface area contributed by atoms with E-state index in [4.69, 9.17) is 9.84 Å². The third kappa shape index (κ3) is 4.09. The molecule has 5 rings (SSSR count). The lowest BCUT2D eigenvalue weighted by atomic mass is 10.1. The van der Waals surface area contributed by atoms with E-state index in [1.165, 1.54) is 12.1 Å². The summed E-state index contributed by atoms with van der Waals surface area (Å²) in [5, 5.41) is 5.87. The van der Waals surface area contributed by atoms with E-state index in [0.29, 0.717) is 24.4 Å². The summed E-state index contributed by atoms with van der Waals surface area (Å²) < 4.78 is 21.6. The topological polar surface area (TPSA) is 60.2 Å². The molecule has 0 unspecified atom stereocenters. The number of hydrogen-bond acceptors (Lipinski definition) is 4. The van der Waals surface area contributed by atoms with Gasteiger partial charge in [0.15, 0.2) is 0 Å². The first-order valence-electron chi connectivity index (χ1n) is 10.8. The zero-order chi connectivity index (χ0) is 22.8. The molecule has 0 spiro atoms. The van der Waals surface area contributed by atoms with Crippen molar-refractivity contribution in [3.8, 4) is 17.0 Å². The van der Waals surface area contributed by atoms with Crippen molar-refractivity contribution in [3.05, 3.63) is 91.0 Å². The normalized spacial score (nSPS) is 15.7. The molecule has 1 atom stereocenters. The summed E-state index contributed by atoms with van der Waals surface area (Å²) in [6.45, 7) is 5.04. The highest BCUT2D eigenvalue weighted by atomic mass is 19.1. The lowest BCUT2D eigenvalue weighted by molar-refractivity contribution is -0.125. The van der Waals surface area contributed by atoms with Crippen LogP contribution in [0.5, 0.6) is 5.75 Å². The maximum absolute atomic E-state index is 13.8. The van der Waals surface area contributed by atoms with E-state index in [1.807, 2.05) is 41.2 Å². The van der Waals surface area contributed by atoms with E-state index in [9.17, 15) is 9.18 Å². The molecule has 33 heavy (non-hydrogen) atoms. The summed E-state index contributed by atoms with van der Waals surface area (Å²) in [7, 11) is 0. The van der Waals surface area contributed by atoms with Gasteiger partial charge in [-0.05, 0) is 48.9 Å². The summed E-state index contributed by atoms with van der Waals surface area (Å²) in [5.41, 5.74) is 3.25. The molecule has 0 N–H and O–H groups in total. The molecule has 0 bridgehead atoms. The van der Waals surface area contributed by atoms with Crippen LogP contribution in [0.25, 0.3) is 22.2 Å². The van der Waals surface area contributed by atoms with Crippen molar-refractivity contribution in [2.75, 3.05) is 13.1 Å². The van der Waals surface area contributed by atoms with Crippen LogP contribution in [0, 0.1) is 5.82 Å². The van der Waals surface area contributed by atoms with Gasteiger partial charge in [-0.1, -0.05) is 24.8 Å². The van der Waals surface area contributed by atoms with Gasteiger partial charge in [-0.25, -0.2) is 4.39 Å². The van der Waals surface area contributed by atoms with Crippen LogP contribution in [0.15, 0.2) is 79.6 Å². The van der Waals surface area contributed by atoms with Crippen LogP contribution in [0.4, 0.5) is 4.39 Å². The van der Waals surface area contributed by atoms with Crippen molar-refractivity contribution in [1.82, 2.24) is 19.7 Å². The molecule has 3 heterocycles. The molecule has 166 valence electrons. The molecular weight excluding hydrogens is 419 g/mol. The minimum Gasteiger partial charge on any atom is -0.489 e. The number of fused-ring (bicyclic) bond motifs is 1. The van der Waals surface area contributed by atoms with Gasteiger partial charge in [-0.3, -0.25) is 14.5 Å². The maximum Gasteiger partial charge on any atom is 0.246 e. The van der Waals surface area contributed by atoms with Crippen molar-refractivity contribution >= 4 is 16.8 Å². The Morgan fingerprint density at radius 3 is 2.79 bits per heavy atom. The zero-order valence-electron chi connectivity index (χ0n) is 18.0. The Hall–Kier alpha value is -4.00. The average molecular weight is 442 g/mol. The predicted octanol–water partition coefficient (Wildman–Crippen LogP) is 4.78. The highest BCUT2D eigenvalue weighted by Gasteiger charge is 2.28. The van der Waals surface area contributed by atoms with Crippen molar-refractivity contribution in [3.63, 3.8) is 0 Å². The lowest BCUT2D eigenvalue weighted by Gasteiger charge is -2.15. The van der Waals surface area contributed by atoms with Crippen LogP contribution in [0.2, 0.25) is 0 Å². The number of hydrogen-bond donors (Lipinski definition) is 0. The number of halogens is 1. The van der Waals surface area contributed by atoms with Gasteiger partial charge in [0.05, 0.1) is 11.6 Å². The molecule has 2 aromatic heterocycles. The summed E-state index contributed by atoms with van der Waals surface area (Å²) in [6.07, 6.45) is 5.76. The average Bonchev–Trinajstić information content (AvgIpc) is 3.49. The molecule has 0 saturated carbocycles. The number of pyridine rings is 1. The molecule has 1 fully saturated rings. The number of rotatable bonds is 6. The summed E-state index contributed by atoms with van der Waals surface area (Å²) in [6, 6.07) is 16.2. The highest BCUT2D eigenvalue weighted by molar-refractivity contribution is 5.93. The molecule has 0 aliphatic carbocycles. The van der Waals surface area contributed by atoms with Crippen LogP contribution >= 0.6 is 0 Å². The Kier molecular flexibility index (Phi) is 5.60. The number of aromatic nitrogens is 3. The molecule has 1 aliphatic rings. The molecule has 1 aliphatic heterocycles. The third-order valence-electron chi connectivity index (χ3n) is 5.98. The van der Waals surface area contributed by atoms with E-state index in [-0.39, 0.29) is 24.4 Å². The molecule has 2 aromatic carbocycles. The zero-order valence-corrected chi connectivity index (χ0v) is 18.0. The van der Waals surface area contributed by atoms with Gasteiger partial charge in [-0.15, -0.1) is 0 Å². The Labute approximate surface area is 190 Å². The largest absolute Gasteiger partial charge is 0.489 e. The van der Waals surface area contributed by atoms with Crippen molar-refractivity contribution < 1.29 is 13.9 Å². The fourth-order valence-corrected chi connectivity index (χ4v) is 4.23. The van der Waals surface area contributed by atoms with Crippen LogP contribution < -0.4 is 4.74 Å². The SMILES string of the molecule is C=CC(=O)N1CC[C@@H](n2nc(-c3ccc(OCc4ccccc4F)cc3)c3cnccc32)C1. The monoisotopic (exact) mass is 442 g/mol. The first-order valence-corrected chi connectivity index (χ1v) is 10.8. The standard InChI is InChI=1S/C26H23FN4O2/c1-2-25(32)30-14-12-20(16-30)31-24-11-13-28-15-22(24)26(29-31)18-7-9-21(10-8-18)33-17-19-5-3-4-6-23(19)27/h2-11,13,15,20H,1,12,14,16-17H2/t20-/m1/s1.